The van der Waals surface area contributed by atoms with Crippen molar-refractivity contribution in [3.8, 4) is 0 Å². The van der Waals surface area contributed by atoms with E-state index in [2.05, 4.69) is 22.0 Å². The summed E-state index contributed by atoms with van der Waals surface area (Å²) in [6.45, 7) is 5.86. The molecule has 0 spiro atoms. The molecule has 0 amide bonds. The molecular weight excluding hydrogens is 210 g/mol. The first kappa shape index (κ1) is 11.5. The smallest absolute Gasteiger partial charge is 0.240 e. The number of rotatable bonds is 3. The van der Waals surface area contributed by atoms with E-state index in [0.29, 0.717) is 37.5 Å². The molecule has 2 heterocycles. The van der Waals surface area contributed by atoms with Crippen LogP contribution in [0.3, 0.4) is 0 Å². The molecule has 0 radical (unpaired) electrons. The van der Waals surface area contributed by atoms with E-state index in [1.807, 2.05) is 0 Å². The molecule has 1 aliphatic rings. The summed E-state index contributed by atoms with van der Waals surface area (Å²) in [5, 5.41) is 12.8. The second-order valence-electron chi connectivity index (χ2n) is 4.15. The van der Waals surface area contributed by atoms with Crippen LogP contribution < -0.4 is 0 Å². The Morgan fingerprint density at radius 2 is 2.38 bits per heavy atom. The number of nitrogens with zero attached hydrogens (tertiary/aromatic N) is 3. The lowest BCUT2D eigenvalue weighted by Gasteiger charge is -2.36. The maximum Gasteiger partial charge on any atom is 0.240 e. The Morgan fingerprint density at radius 1 is 1.56 bits per heavy atom. The van der Waals surface area contributed by atoms with Crippen LogP contribution in [-0.2, 0) is 11.3 Å². The van der Waals surface area contributed by atoms with E-state index in [1.54, 1.807) is 6.92 Å². The van der Waals surface area contributed by atoms with Crippen molar-refractivity contribution in [1.82, 2.24) is 15.0 Å². The summed E-state index contributed by atoms with van der Waals surface area (Å²) in [5.41, 5.74) is 0. The second kappa shape index (κ2) is 4.90. The molecule has 1 aliphatic heterocycles. The van der Waals surface area contributed by atoms with Crippen LogP contribution in [0.5, 0.6) is 0 Å². The number of aliphatic hydroxyl groups is 1. The van der Waals surface area contributed by atoms with Gasteiger partial charge in [0.1, 0.15) is 0 Å². The van der Waals surface area contributed by atoms with E-state index < -0.39 is 0 Å². The molecule has 6 heteroatoms. The van der Waals surface area contributed by atoms with Crippen LogP contribution in [0.2, 0.25) is 0 Å². The first-order valence-electron chi connectivity index (χ1n) is 5.44. The highest BCUT2D eigenvalue weighted by Gasteiger charge is 2.26. The summed E-state index contributed by atoms with van der Waals surface area (Å²) in [6, 6.07) is 0.301. The Morgan fingerprint density at radius 3 is 3.00 bits per heavy atom. The van der Waals surface area contributed by atoms with Crippen molar-refractivity contribution in [2.45, 2.75) is 32.5 Å². The highest BCUT2D eigenvalue weighted by molar-refractivity contribution is 4.86. The zero-order chi connectivity index (χ0) is 11.5. The number of morpholine rings is 1. The largest absolute Gasteiger partial charge is 0.394 e. The minimum Gasteiger partial charge on any atom is -0.394 e. The number of ether oxygens (including phenoxy) is 1. The molecule has 2 unspecified atom stereocenters. The van der Waals surface area contributed by atoms with Crippen LogP contribution in [0.4, 0.5) is 0 Å². The number of hydrogen-bond donors (Lipinski definition) is 1. The van der Waals surface area contributed by atoms with Crippen LogP contribution >= 0.6 is 0 Å². The topological polar surface area (TPSA) is 71.6 Å². The maximum atomic E-state index is 9.06. The molecule has 1 N–H and O–H groups in total. The third-order valence-corrected chi connectivity index (χ3v) is 2.75. The molecular formula is C10H17N3O3. The SMILES string of the molecule is Cc1noc(CN2CC(CO)OCC2C)n1. The van der Waals surface area contributed by atoms with Gasteiger partial charge in [-0.1, -0.05) is 5.16 Å². The Bertz CT molecular complexity index is 342. The van der Waals surface area contributed by atoms with E-state index in [1.165, 1.54) is 0 Å². The quantitative estimate of drug-likeness (QED) is 0.781. The molecule has 6 nitrogen and oxygen atoms in total. The number of hydrogen-bond acceptors (Lipinski definition) is 6. The zero-order valence-corrected chi connectivity index (χ0v) is 9.59. The average Bonchev–Trinajstić information content (AvgIpc) is 2.67. The van der Waals surface area contributed by atoms with Crippen LogP contribution in [0.15, 0.2) is 4.52 Å². The van der Waals surface area contributed by atoms with Crippen molar-refractivity contribution in [3.63, 3.8) is 0 Å². The van der Waals surface area contributed by atoms with Gasteiger partial charge in [-0.2, -0.15) is 4.98 Å². The predicted octanol–water partition coefficient (Wildman–Crippen LogP) is -0.0404. The molecule has 1 aromatic rings. The third-order valence-electron chi connectivity index (χ3n) is 2.75. The van der Waals surface area contributed by atoms with E-state index in [4.69, 9.17) is 14.4 Å². The molecule has 0 saturated carbocycles. The van der Waals surface area contributed by atoms with Gasteiger partial charge in [0.25, 0.3) is 0 Å². The van der Waals surface area contributed by atoms with E-state index in [9.17, 15) is 0 Å². The van der Waals surface area contributed by atoms with Crippen LogP contribution in [0, 0.1) is 6.92 Å². The van der Waals surface area contributed by atoms with Gasteiger partial charge in [0, 0.05) is 12.6 Å². The van der Waals surface area contributed by atoms with Crippen LogP contribution in [0.1, 0.15) is 18.6 Å². The van der Waals surface area contributed by atoms with Crippen LogP contribution in [-0.4, -0.2) is 52.1 Å². The second-order valence-corrected chi connectivity index (χ2v) is 4.15. The Kier molecular flexibility index (Phi) is 3.52. The normalized spacial score (nSPS) is 27.2. The molecule has 90 valence electrons. The predicted molar refractivity (Wildman–Crippen MR) is 55.7 cm³/mol. The number of aliphatic hydroxyl groups excluding tert-OH is 1. The van der Waals surface area contributed by atoms with Gasteiger partial charge in [0.2, 0.25) is 5.89 Å². The van der Waals surface area contributed by atoms with E-state index >= 15 is 0 Å². The molecule has 0 aromatic carbocycles. The summed E-state index contributed by atoms with van der Waals surface area (Å²) >= 11 is 0. The highest BCUT2D eigenvalue weighted by Crippen LogP contribution is 2.14. The van der Waals surface area contributed by atoms with Crippen molar-refractivity contribution in [1.29, 1.82) is 0 Å². The monoisotopic (exact) mass is 227 g/mol. The Hall–Kier alpha value is -0.980. The lowest BCUT2D eigenvalue weighted by Crippen LogP contribution is -2.48. The van der Waals surface area contributed by atoms with Gasteiger partial charge in [-0.15, -0.1) is 0 Å². The first-order chi connectivity index (χ1) is 7.69. The van der Waals surface area contributed by atoms with Gasteiger partial charge in [-0.3, -0.25) is 4.90 Å². The third kappa shape index (κ3) is 2.58. The van der Waals surface area contributed by atoms with E-state index in [0.717, 1.165) is 0 Å². The minimum atomic E-state index is -0.111. The molecule has 16 heavy (non-hydrogen) atoms. The molecule has 0 bridgehead atoms. The standard InChI is InChI=1S/C10H17N3O3/c1-7-6-15-9(5-14)3-13(7)4-10-11-8(2)12-16-10/h7,9,14H,3-6H2,1-2H3. The molecule has 0 aliphatic carbocycles. The van der Waals surface area contributed by atoms with Gasteiger partial charge in [-0.25, -0.2) is 0 Å². The van der Waals surface area contributed by atoms with Gasteiger partial charge in [-0.05, 0) is 13.8 Å². The fourth-order valence-corrected chi connectivity index (χ4v) is 1.78. The zero-order valence-electron chi connectivity index (χ0n) is 9.59. The highest BCUT2D eigenvalue weighted by atomic mass is 16.5. The number of aromatic nitrogens is 2. The van der Waals surface area contributed by atoms with Gasteiger partial charge >= 0.3 is 0 Å². The number of aryl methyl sites for hydroxylation is 1. The summed E-state index contributed by atoms with van der Waals surface area (Å²) in [4.78, 5) is 6.35. The summed E-state index contributed by atoms with van der Waals surface area (Å²) in [7, 11) is 0. The van der Waals surface area contributed by atoms with Crippen molar-refractivity contribution in [2.24, 2.45) is 0 Å². The van der Waals surface area contributed by atoms with Gasteiger partial charge < -0.3 is 14.4 Å². The molecule has 1 aromatic heterocycles. The van der Waals surface area contributed by atoms with Crippen molar-refractivity contribution in [3.05, 3.63) is 11.7 Å². The maximum absolute atomic E-state index is 9.06. The fraction of sp³-hybridized carbons (Fsp3) is 0.800. The molecule has 2 rings (SSSR count). The van der Waals surface area contributed by atoms with Crippen molar-refractivity contribution < 1.29 is 14.4 Å². The first-order valence-corrected chi connectivity index (χ1v) is 5.44. The molecule has 1 saturated heterocycles. The molecule has 2 atom stereocenters. The van der Waals surface area contributed by atoms with E-state index in [-0.39, 0.29) is 12.7 Å². The summed E-state index contributed by atoms with van der Waals surface area (Å²) in [5.74, 6) is 1.26. The summed E-state index contributed by atoms with van der Waals surface area (Å²) < 4.78 is 10.5. The minimum absolute atomic E-state index is 0.0477. The molecule has 1 fully saturated rings. The van der Waals surface area contributed by atoms with Gasteiger partial charge in [0.15, 0.2) is 5.82 Å². The lowest BCUT2D eigenvalue weighted by molar-refractivity contribution is -0.0827. The van der Waals surface area contributed by atoms with Crippen molar-refractivity contribution in [2.75, 3.05) is 19.8 Å². The fourth-order valence-electron chi connectivity index (χ4n) is 1.78. The lowest BCUT2D eigenvalue weighted by atomic mass is 10.2. The van der Waals surface area contributed by atoms with Gasteiger partial charge in [0.05, 0.1) is 25.9 Å². The summed E-state index contributed by atoms with van der Waals surface area (Å²) in [6.07, 6.45) is -0.111. The van der Waals surface area contributed by atoms with Crippen molar-refractivity contribution >= 4 is 0 Å². The van der Waals surface area contributed by atoms with Crippen LogP contribution in [0.25, 0.3) is 0 Å². The average molecular weight is 227 g/mol. The Labute approximate surface area is 94.2 Å². The Balaban J connectivity index is 1.96.